The minimum Gasteiger partial charge on any atom is -0.457 e. The van der Waals surface area contributed by atoms with Crippen LogP contribution in [0.15, 0.2) is 152 Å². The van der Waals surface area contributed by atoms with Crippen molar-refractivity contribution in [2.45, 2.75) is 0 Å². The number of benzene rings is 6. The van der Waals surface area contributed by atoms with E-state index in [1.165, 1.54) is 18.2 Å². The molecule has 49 heavy (non-hydrogen) atoms. The molecule has 0 radical (unpaired) electrons. The maximum absolute atomic E-state index is 13.6. The van der Waals surface area contributed by atoms with Gasteiger partial charge in [0, 0.05) is 22.5 Å². The molecule has 2 N–H and O–H groups in total. The summed E-state index contributed by atoms with van der Waals surface area (Å²) in [5.41, 5.74) is 1.64. The summed E-state index contributed by atoms with van der Waals surface area (Å²) in [4.78, 5) is 54.9. The minimum absolute atomic E-state index is 0.0652. The number of carbonyl (C=O) groups excluding carboxylic acids is 4. The van der Waals surface area contributed by atoms with E-state index in [1.54, 1.807) is 72.8 Å². The molecule has 6 aromatic carbocycles. The first-order valence-corrected chi connectivity index (χ1v) is 15.3. The van der Waals surface area contributed by atoms with Gasteiger partial charge in [-0.2, -0.15) is 0 Å². The molecule has 4 amide bonds. The van der Waals surface area contributed by atoms with Gasteiger partial charge in [-0.25, -0.2) is 4.90 Å². The number of hydrogen-bond acceptors (Lipinski definition) is 6. The zero-order valence-corrected chi connectivity index (χ0v) is 25.8. The number of rotatable bonds is 9. The number of amides is 4. The monoisotopic (exact) mass is 645 g/mol. The molecule has 6 aromatic rings. The first-order valence-electron chi connectivity index (χ1n) is 15.3. The van der Waals surface area contributed by atoms with E-state index in [9.17, 15) is 19.2 Å². The van der Waals surface area contributed by atoms with E-state index in [0.717, 1.165) is 4.90 Å². The van der Waals surface area contributed by atoms with Gasteiger partial charge in [-0.1, -0.05) is 48.5 Å². The fourth-order valence-electron chi connectivity index (χ4n) is 5.29. The molecule has 9 heteroatoms. The van der Waals surface area contributed by atoms with Crippen LogP contribution in [0.1, 0.15) is 41.4 Å². The van der Waals surface area contributed by atoms with Gasteiger partial charge in [-0.3, -0.25) is 19.2 Å². The number of nitrogens with one attached hydrogen (secondary N) is 2. The third-order valence-corrected chi connectivity index (χ3v) is 7.68. The molecule has 0 fully saturated rings. The number of nitrogens with zero attached hydrogens (tertiary/aromatic N) is 1. The van der Waals surface area contributed by atoms with Crippen molar-refractivity contribution in [1.82, 2.24) is 0 Å². The van der Waals surface area contributed by atoms with Crippen LogP contribution >= 0.6 is 0 Å². The molecule has 0 saturated heterocycles. The highest BCUT2D eigenvalue weighted by molar-refractivity contribution is 6.34. The lowest BCUT2D eigenvalue weighted by Crippen LogP contribution is -2.30. The van der Waals surface area contributed by atoms with Crippen molar-refractivity contribution in [2.24, 2.45) is 0 Å². The largest absolute Gasteiger partial charge is 0.457 e. The maximum atomic E-state index is 13.6. The molecule has 238 valence electrons. The molecule has 7 rings (SSSR count). The van der Waals surface area contributed by atoms with Crippen molar-refractivity contribution < 1.29 is 28.7 Å². The zero-order chi connectivity index (χ0) is 33.7. The van der Waals surface area contributed by atoms with Gasteiger partial charge in [0.15, 0.2) is 0 Å². The van der Waals surface area contributed by atoms with Crippen LogP contribution < -0.4 is 25.0 Å². The molecule has 0 spiro atoms. The molecule has 0 aliphatic carbocycles. The quantitative estimate of drug-likeness (QED) is 0.152. The summed E-state index contributed by atoms with van der Waals surface area (Å²) in [7, 11) is 0. The first kappa shape index (κ1) is 30.6. The highest BCUT2D eigenvalue weighted by Gasteiger charge is 2.37. The van der Waals surface area contributed by atoms with Crippen molar-refractivity contribution in [3.05, 3.63) is 174 Å². The maximum Gasteiger partial charge on any atom is 0.266 e. The van der Waals surface area contributed by atoms with Crippen LogP contribution in [0.25, 0.3) is 0 Å². The zero-order valence-electron chi connectivity index (χ0n) is 25.8. The standard InChI is InChI=1S/C40H27N3O6/c44-37(41-28-15-19-33(20-16-28)48-31-9-3-1-4-10-31)26-23-27(25-30(24-26)43-39(46)35-13-7-8-14-36(35)40(43)47)38(45)42-29-17-21-34(22-18-29)49-32-11-5-2-6-12-32/h1-25H,(H,41,44)(H,42,45). The third-order valence-electron chi connectivity index (χ3n) is 7.68. The first-order chi connectivity index (χ1) is 23.9. The highest BCUT2D eigenvalue weighted by atomic mass is 16.5. The topological polar surface area (TPSA) is 114 Å². The molecule has 1 heterocycles. The smallest absolute Gasteiger partial charge is 0.266 e. The SMILES string of the molecule is O=C(Nc1ccc(Oc2ccccc2)cc1)c1cc(C(=O)Nc2ccc(Oc3ccccc3)cc2)cc(N2C(=O)c3ccccc3C2=O)c1. The second kappa shape index (κ2) is 13.4. The Morgan fingerprint density at radius 2 is 0.816 bits per heavy atom. The Morgan fingerprint density at radius 1 is 0.449 bits per heavy atom. The molecule has 0 unspecified atom stereocenters. The summed E-state index contributed by atoms with van der Waals surface area (Å²) >= 11 is 0. The molecule has 1 aliphatic rings. The molecule has 9 nitrogen and oxygen atoms in total. The lowest BCUT2D eigenvalue weighted by Gasteiger charge is -2.17. The fourth-order valence-corrected chi connectivity index (χ4v) is 5.29. The Morgan fingerprint density at radius 3 is 1.22 bits per heavy atom. The van der Waals surface area contributed by atoms with Crippen molar-refractivity contribution in [3.8, 4) is 23.0 Å². The van der Waals surface area contributed by atoms with Crippen molar-refractivity contribution in [3.63, 3.8) is 0 Å². The predicted octanol–water partition coefficient (Wildman–Crippen LogP) is 8.58. The van der Waals surface area contributed by atoms with Crippen LogP contribution in [-0.4, -0.2) is 23.6 Å². The van der Waals surface area contributed by atoms with Gasteiger partial charge in [-0.15, -0.1) is 0 Å². The molecule has 0 saturated carbocycles. The summed E-state index contributed by atoms with van der Waals surface area (Å²) in [6.45, 7) is 0. The Balaban J connectivity index is 1.14. The van der Waals surface area contributed by atoms with Crippen molar-refractivity contribution in [2.75, 3.05) is 15.5 Å². The fraction of sp³-hybridized carbons (Fsp3) is 0. The van der Waals surface area contributed by atoms with Crippen molar-refractivity contribution >= 4 is 40.7 Å². The number of fused-ring (bicyclic) bond motifs is 1. The summed E-state index contributed by atoms with van der Waals surface area (Å²) in [5, 5.41) is 5.64. The van der Waals surface area contributed by atoms with E-state index in [4.69, 9.17) is 9.47 Å². The van der Waals surface area contributed by atoms with Gasteiger partial charge in [0.2, 0.25) is 0 Å². The molecule has 1 aliphatic heterocycles. The number of carbonyl (C=O) groups is 4. The number of anilines is 3. The number of ether oxygens (including phenoxy) is 2. The van der Waals surface area contributed by atoms with Crippen LogP contribution in [0.3, 0.4) is 0 Å². The molecular formula is C40H27N3O6. The average molecular weight is 646 g/mol. The van der Waals surface area contributed by atoms with E-state index in [1.807, 2.05) is 60.7 Å². The van der Waals surface area contributed by atoms with Crippen LogP contribution in [0.4, 0.5) is 17.1 Å². The molecule has 0 bridgehead atoms. The van der Waals surface area contributed by atoms with Crippen molar-refractivity contribution in [1.29, 1.82) is 0 Å². The summed E-state index contributed by atoms with van der Waals surface area (Å²) in [5.74, 6) is 0.308. The number of imide groups is 1. The van der Waals surface area contributed by atoms with E-state index in [0.29, 0.717) is 34.4 Å². The minimum atomic E-state index is -0.549. The van der Waals surface area contributed by atoms with Gasteiger partial charge >= 0.3 is 0 Å². The van der Waals surface area contributed by atoms with E-state index < -0.39 is 23.6 Å². The van der Waals surface area contributed by atoms with Gasteiger partial charge < -0.3 is 20.1 Å². The van der Waals surface area contributed by atoms with Crippen LogP contribution in [0.2, 0.25) is 0 Å². The lowest BCUT2D eigenvalue weighted by molar-refractivity contribution is 0.0922. The van der Waals surface area contributed by atoms with E-state index in [2.05, 4.69) is 10.6 Å². The van der Waals surface area contributed by atoms with Gasteiger partial charge in [0.25, 0.3) is 23.6 Å². The summed E-state index contributed by atoms with van der Waals surface area (Å²) < 4.78 is 11.7. The Labute approximate surface area is 281 Å². The van der Waals surface area contributed by atoms with Crippen LogP contribution in [-0.2, 0) is 0 Å². The van der Waals surface area contributed by atoms with Gasteiger partial charge in [0.1, 0.15) is 23.0 Å². The number of para-hydroxylation sites is 2. The predicted molar refractivity (Wildman–Crippen MR) is 186 cm³/mol. The average Bonchev–Trinajstić information content (AvgIpc) is 3.39. The normalized spacial score (nSPS) is 11.9. The molecule has 0 atom stereocenters. The Hall–Kier alpha value is -7.00. The van der Waals surface area contributed by atoms with E-state index >= 15 is 0 Å². The second-order valence-electron chi connectivity index (χ2n) is 11.0. The lowest BCUT2D eigenvalue weighted by atomic mass is 10.1. The van der Waals surface area contributed by atoms with Crippen LogP contribution in [0, 0.1) is 0 Å². The Kier molecular flexibility index (Phi) is 8.37. The molecular weight excluding hydrogens is 618 g/mol. The highest BCUT2D eigenvalue weighted by Crippen LogP contribution is 2.31. The summed E-state index contributed by atoms with van der Waals surface area (Å²) in [6, 6.07) is 42.9. The van der Waals surface area contributed by atoms with Crippen LogP contribution in [0.5, 0.6) is 23.0 Å². The summed E-state index contributed by atoms with van der Waals surface area (Å²) in [6.07, 6.45) is 0. The van der Waals surface area contributed by atoms with Gasteiger partial charge in [0.05, 0.1) is 16.8 Å². The number of hydrogen-bond donors (Lipinski definition) is 2. The van der Waals surface area contributed by atoms with Gasteiger partial charge in [-0.05, 0) is 103 Å². The second-order valence-corrected chi connectivity index (χ2v) is 11.0. The van der Waals surface area contributed by atoms with E-state index in [-0.39, 0.29) is 27.9 Å². The third kappa shape index (κ3) is 6.77. The Bertz CT molecular complexity index is 2030. The molecule has 0 aromatic heterocycles.